The molecule has 0 aliphatic rings. The van der Waals surface area contributed by atoms with Gasteiger partial charge in [-0.15, -0.1) is 0 Å². The standard InChI is InChI=1S/C27H23FN4O/c1-18-10-12-19(13-11-18)16-29-17-21-15-24-25(20-6-5-7-22(28)14-20)31-32(26(24)30-27(21)33)23-8-3-2-4-9-23/h2-15,29H,16-17H2,1H3,(H,30,33). The van der Waals surface area contributed by atoms with E-state index in [-0.39, 0.29) is 11.4 Å². The maximum atomic E-state index is 14.0. The van der Waals surface area contributed by atoms with Gasteiger partial charge in [-0.25, -0.2) is 9.07 Å². The normalized spacial score (nSPS) is 11.2. The van der Waals surface area contributed by atoms with E-state index in [1.807, 2.05) is 42.5 Å². The van der Waals surface area contributed by atoms with Gasteiger partial charge < -0.3 is 10.3 Å². The van der Waals surface area contributed by atoms with Crippen molar-refractivity contribution in [1.82, 2.24) is 20.1 Å². The Morgan fingerprint density at radius 1 is 0.939 bits per heavy atom. The van der Waals surface area contributed by atoms with Gasteiger partial charge in [0.25, 0.3) is 5.56 Å². The van der Waals surface area contributed by atoms with Crippen LogP contribution < -0.4 is 10.9 Å². The van der Waals surface area contributed by atoms with Crippen LogP contribution in [0.3, 0.4) is 0 Å². The lowest BCUT2D eigenvalue weighted by Gasteiger charge is -2.07. The maximum absolute atomic E-state index is 14.0. The minimum atomic E-state index is -0.334. The predicted octanol–water partition coefficient (Wildman–Crippen LogP) is 5.12. The number of aromatic nitrogens is 3. The Bertz CT molecular complexity index is 1470. The Morgan fingerprint density at radius 2 is 1.73 bits per heavy atom. The zero-order valence-electron chi connectivity index (χ0n) is 18.2. The molecule has 2 heterocycles. The Hall–Kier alpha value is -4.03. The predicted molar refractivity (Wildman–Crippen MR) is 129 cm³/mol. The van der Waals surface area contributed by atoms with Crippen LogP contribution in [0.5, 0.6) is 0 Å². The molecule has 0 atom stereocenters. The molecule has 2 N–H and O–H groups in total. The zero-order chi connectivity index (χ0) is 22.8. The molecule has 0 fully saturated rings. The molecule has 5 aromatic rings. The van der Waals surface area contributed by atoms with Gasteiger partial charge in [0.1, 0.15) is 17.2 Å². The first-order valence-corrected chi connectivity index (χ1v) is 10.8. The van der Waals surface area contributed by atoms with Crippen LogP contribution in [0.15, 0.2) is 89.7 Å². The number of pyridine rings is 1. The van der Waals surface area contributed by atoms with Gasteiger partial charge in [0.15, 0.2) is 0 Å². The molecule has 3 aromatic carbocycles. The molecule has 0 radical (unpaired) electrons. The molecule has 0 amide bonds. The zero-order valence-corrected chi connectivity index (χ0v) is 18.2. The molecule has 33 heavy (non-hydrogen) atoms. The summed E-state index contributed by atoms with van der Waals surface area (Å²) < 4.78 is 15.7. The Balaban J connectivity index is 1.55. The summed E-state index contributed by atoms with van der Waals surface area (Å²) in [5.41, 5.74) is 5.43. The highest BCUT2D eigenvalue weighted by Crippen LogP contribution is 2.29. The number of aromatic amines is 1. The van der Waals surface area contributed by atoms with Crippen molar-refractivity contribution < 1.29 is 4.39 Å². The van der Waals surface area contributed by atoms with Gasteiger partial charge >= 0.3 is 0 Å². The van der Waals surface area contributed by atoms with E-state index in [0.29, 0.717) is 35.6 Å². The molecule has 0 saturated heterocycles. The third-order valence-electron chi connectivity index (χ3n) is 5.63. The SMILES string of the molecule is Cc1ccc(CNCc2cc3c(-c4cccc(F)c4)nn(-c4ccccc4)c3[nH]c2=O)cc1. The van der Waals surface area contributed by atoms with Crippen LogP contribution in [0, 0.1) is 12.7 Å². The maximum Gasteiger partial charge on any atom is 0.254 e. The molecule has 5 rings (SSSR count). The first-order valence-electron chi connectivity index (χ1n) is 10.8. The van der Waals surface area contributed by atoms with Crippen LogP contribution in [-0.2, 0) is 13.1 Å². The second kappa shape index (κ2) is 8.84. The van der Waals surface area contributed by atoms with Gasteiger partial charge in [-0.1, -0.05) is 60.2 Å². The molecule has 164 valence electrons. The number of para-hydroxylation sites is 1. The van der Waals surface area contributed by atoms with Crippen LogP contribution in [0.4, 0.5) is 4.39 Å². The van der Waals surface area contributed by atoms with E-state index < -0.39 is 0 Å². The summed E-state index contributed by atoms with van der Waals surface area (Å²) in [5, 5.41) is 8.85. The van der Waals surface area contributed by atoms with Crippen LogP contribution in [0.1, 0.15) is 16.7 Å². The number of halogens is 1. The Labute approximate surface area is 190 Å². The highest BCUT2D eigenvalue weighted by atomic mass is 19.1. The average molecular weight is 439 g/mol. The van der Waals surface area contributed by atoms with E-state index in [2.05, 4.69) is 41.5 Å². The number of benzene rings is 3. The highest BCUT2D eigenvalue weighted by Gasteiger charge is 2.17. The first kappa shape index (κ1) is 20.8. The largest absolute Gasteiger partial charge is 0.308 e. The third-order valence-corrected chi connectivity index (χ3v) is 5.63. The smallest absolute Gasteiger partial charge is 0.254 e. The second-order valence-electron chi connectivity index (χ2n) is 8.08. The Kier molecular flexibility index (Phi) is 5.59. The van der Waals surface area contributed by atoms with Crippen molar-refractivity contribution in [2.24, 2.45) is 0 Å². The summed E-state index contributed by atoms with van der Waals surface area (Å²) in [4.78, 5) is 15.9. The summed E-state index contributed by atoms with van der Waals surface area (Å²) in [5.74, 6) is -0.334. The number of H-pyrrole nitrogens is 1. The molecule has 2 aromatic heterocycles. The van der Waals surface area contributed by atoms with Gasteiger partial charge in [-0.05, 0) is 42.8 Å². The fourth-order valence-electron chi connectivity index (χ4n) is 3.90. The summed E-state index contributed by atoms with van der Waals surface area (Å²) in [7, 11) is 0. The van der Waals surface area contributed by atoms with E-state index in [1.54, 1.807) is 10.7 Å². The number of aryl methyl sites for hydroxylation is 1. The molecule has 0 aliphatic carbocycles. The number of hydrogen-bond acceptors (Lipinski definition) is 3. The Morgan fingerprint density at radius 3 is 2.48 bits per heavy atom. The van der Waals surface area contributed by atoms with Crippen molar-refractivity contribution in [1.29, 1.82) is 0 Å². The summed E-state index contributed by atoms with van der Waals surface area (Å²) >= 11 is 0. The van der Waals surface area contributed by atoms with Gasteiger partial charge in [0.05, 0.1) is 5.69 Å². The molecule has 0 aliphatic heterocycles. The fraction of sp³-hybridized carbons (Fsp3) is 0.111. The van der Waals surface area contributed by atoms with Gasteiger partial charge in [0.2, 0.25) is 0 Å². The van der Waals surface area contributed by atoms with E-state index in [1.165, 1.54) is 17.7 Å². The lowest BCUT2D eigenvalue weighted by Crippen LogP contribution is -2.21. The molecule has 0 bridgehead atoms. The minimum Gasteiger partial charge on any atom is -0.308 e. The van der Waals surface area contributed by atoms with Crippen molar-refractivity contribution in [2.75, 3.05) is 0 Å². The minimum absolute atomic E-state index is 0.179. The molecule has 6 heteroatoms. The summed E-state index contributed by atoms with van der Waals surface area (Å²) in [6.45, 7) is 3.10. The van der Waals surface area contributed by atoms with Crippen LogP contribution in [0.2, 0.25) is 0 Å². The number of hydrogen-bond donors (Lipinski definition) is 2. The molecule has 0 saturated carbocycles. The van der Waals surface area contributed by atoms with Crippen LogP contribution >= 0.6 is 0 Å². The topological polar surface area (TPSA) is 62.7 Å². The first-order chi connectivity index (χ1) is 16.1. The molecule has 0 unspecified atom stereocenters. The number of nitrogens with zero attached hydrogens (tertiary/aromatic N) is 2. The number of fused-ring (bicyclic) bond motifs is 1. The van der Waals surface area contributed by atoms with E-state index in [4.69, 9.17) is 5.10 Å². The summed E-state index contributed by atoms with van der Waals surface area (Å²) in [6.07, 6.45) is 0. The lowest BCUT2D eigenvalue weighted by atomic mass is 10.1. The van der Waals surface area contributed by atoms with Crippen molar-refractivity contribution in [3.05, 3.63) is 118 Å². The van der Waals surface area contributed by atoms with Gasteiger partial charge in [-0.2, -0.15) is 5.10 Å². The monoisotopic (exact) mass is 438 g/mol. The van der Waals surface area contributed by atoms with Crippen molar-refractivity contribution in [2.45, 2.75) is 20.0 Å². The number of nitrogens with one attached hydrogen (secondary N) is 2. The van der Waals surface area contributed by atoms with Crippen LogP contribution in [0.25, 0.3) is 28.0 Å². The fourth-order valence-corrected chi connectivity index (χ4v) is 3.90. The van der Waals surface area contributed by atoms with Crippen molar-refractivity contribution in [3.63, 3.8) is 0 Å². The van der Waals surface area contributed by atoms with Crippen molar-refractivity contribution in [3.8, 4) is 16.9 Å². The van der Waals surface area contributed by atoms with Crippen LogP contribution in [-0.4, -0.2) is 14.8 Å². The van der Waals surface area contributed by atoms with E-state index in [0.717, 1.165) is 16.6 Å². The molecular formula is C27H23FN4O. The van der Waals surface area contributed by atoms with E-state index >= 15 is 0 Å². The third kappa shape index (κ3) is 4.33. The van der Waals surface area contributed by atoms with Crippen molar-refractivity contribution >= 4 is 11.0 Å². The quantitative estimate of drug-likeness (QED) is 0.387. The number of rotatable bonds is 6. The van der Waals surface area contributed by atoms with E-state index in [9.17, 15) is 9.18 Å². The molecule has 5 nitrogen and oxygen atoms in total. The molecule has 0 spiro atoms. The van der Waals surface area contributed by atoms with Gasteiger partial charge in [0, 0.05) is 29.6 Å². The van der Waals surface area contributed by atoms with Gasteiger partial charge in [-0.3, -0.25) is 4.79 Å². The highest BCUT2D eigenvalue weighted by molar-refractivity contribution is 5.92. The summed E-state index contributed by atoms with van der Waals surface area (Å²) in [6, 6.07) is 26.0. The second-order valence-corrected chi connectivity index (χ2v) is 8.08. The average Bonchev–Trinajstić information content (AvgIpc) is 3.19. The molecular weight excluding hydrogens is 415 g/mol. The lowest BCUT2D eigenvalue weighted by molar-refractivity contribution is 0.628.